The maximum Gasteiger partial charge on any atom is 0.321 e. The third-order valence-corrected chi connectivity index (χ3v) is 6.83. The predicted octanol–water partition coefficient (Wildman–Crippen LogP) is 4.88. The molecule has 1 atom stereocenters. The molecular formula is C26H33N3O3. The van der Waals surface area contributed by atoms with Gasteiger partial charge >= 0.3 is 6.03 Å². The first-order valence-corrected chi connectivity index (χ1v) is 11.7. The van der Waals surface area contributed by atoms with E-state index in [1.807, 2.05) is 72.2 Å². The second-order valence-electron chi connectivity index (χ2n) is 8.78. The number of urea groups is 1. The van der Waals surface area contributed by atoms with Gasteiger partial charge in [-0.1, -0.05) is 36.4 Å². The van der Waals surface area contributed by atoms with Gasteiger partial charge in [0, 0.05) is 57.0 Å². The first-order chi connectivity index (χ1) is 15.5. The number of ether oxygens (including phenoxy) is 1. The molecule has 170 valence electrons. The standard InChI is InChI=1S/C26H33N3O3/c1-3-28(4-2)24(30)18-20-19-26(32-23-13-9-8-12-22(20)23)14-16-29(17-15-26)25(31)27-21-10-6-5-7-11-21/h5-13,20H,3-4,14-19H2,1-2H3,(H,27,31)/t20-/m0/s1. The molecule has 0 unspecified atom stereocenters. The van der Waals surface area contributed by atoms with Crippen molar-refractivity contribution in [2.45, 2.75) is 51.0 Å². The number of benzene rings is 2. The van der Waals surface area contributed by atoms with Gasteiger partial charge in [-0.05, 0) is 44.0 Å². The average molecular weight is 436 g/mol. The highest BCUT2D eigenvalue weighted by Gasteiger charge is 2.44. The molecule has 32 heavy (non-hydrogen) atoms. The van der Waals surface area contributed by atoms with Gasteiger partial charge < -0.3 is 19.9 Å². The van der Waals surface area contributed by atoms with Gasteiger partial charge in [-0.15, -0.1) is 0 Å². The Morgan fingerprint density at radius 2 is 1.69 bits per heavy atom. The zero-order valence-corrected chi connectivity index (χ0v) is 19.0. The molecule has 0 aromatic heterocycles. The Hall–Kier alpha value is -3.02. The highest BCUT2D eigenvalue weighted by atomic mass is 16.5. The summed E-state index contributed by atoms with van der Waals surface area (Å²) in [5, 5.41) is 2.97. The molecule has 1 fully saturated rings. The van der Waals surface area contributed by atoms with Crippen LogP contribution in [0.25, 0.3) is 0 Å². The Labute approximate surface area is 190 Å². The van der Waals surface area contributed by atoms with Crippen molar-refractivity contribution in [2.24, 2.45) is 0 Å². The number of anilines is 1. The van der Waals surface area contributed by atoms with E-state index in [2.05, 4.69) is 11.4 Å². The van der Waals surface area contributed by atoms with Crippen molar-refractivity contribution >= 4 is 17.6 Å². The minimum absolute atomic E-state index is 0.0736. The topological polar surface area (TPSA) is 61.9 Å². The highest BCUT2D eigenvalue weighted by molar-refractivity contribution is 5.89. The van der Waals surface area contributed by atoms with Gasteiger partial charge in [0.1, 0.15) is 11.4 Å². The molecule has 4 rings (SSSR count). The second kappa shape index (κ2) is 9.63. The molecular weight excluding hydrogens is 402 g/mol. The van der Waals surface area contributed by atoms with Crippen LogP contribution in [0.3, 0.4) is 0 Å². The molecule has 1 saturated heterocycles. The van der Waals surface area contributed by atoms with Crippen molar-refractivity contribution in [1.29, 1.82) is 0 Å². The van der Waals surface area contributed by atoms with Gasteiger partial charge in [0.05, 0.1) is 0 Å². The average Bonchev–Trinajstić information content (AvgIpc) is 2.81. The zero-order valence-electron chi connectivity index (χ0n) is 19.0. The summed E-state index contributed by atoms with van der Waals surface area (Å²) < 4.78 is 6.55. The number of hydrogen-bond donors (Lipinski definition) is 1. The fraction of sp³-hybridized carbons (Fsp3) is 0.462. The summed E-state index contributed by atoms with van der Waals surface area (Å²) >= 11 is 0. The molecule has 1 N–H and O–H groups in total. The van der Waals surface area contributed by atoms with Gasteiger partial charge in [0.2, 0.25) is 5.91 Å². The molecule has 2 aliphatic heterocycles. The van der Waals surface area contributed by atoms with Crippen LogP contribution in [0, 0.1) is 0 Å². The summed E-state index contributed by atoms with van der Waals surface area (Å²) in [4.78, 5) is 29.4. The highest BCUT2D eigenvalue weighted by Crippen LogP contribution is 2.46. The van der Waals surface area contributed by atoms with Crippen molar-refractivity contribution < 1.29 is 14.3 Å². The predicted molar refractivity (Wildman–Crippen MR) is 126 cm³/mol. The van der Waals surface area contributed by atoms with Crippen molar-refractivity contribution in [3.63, 3.8) is 0 Å². The maximum absolute atomic E-state index is 12.9. The summed E-state index contributed by atoms with van der Waals surface area (Å²) in [7, 11) is 0. The lowest BCUT2D eigenvalue weighted by Crippen LogP contribution is -2.52. The lowest BCUT2D eigenvalue weighted by molar-refractivity contribution is -0.131. The molecule has 6 heteroatoms. The van der Waals surface area contributed by atoms with Crippen LogP contribution in [0.4, 0.5) is 10.5 Å². The molecule has 0 saturated carbocycles. The van der Waals surface area contributed by atoms with E-state index < -0.39 is 0 Å². The van der Waals surface area contributed by atoms with Crippen LogP contribution in [0.15, 0.2) is 54.6 Å². The Kier molecular flexibility index (Phi) is 6.68. The molecule has 6 nitrogen and oxygen atoms in total. The zero-order chi connectivity index (χ0) is 22.6. The van der Waals surface area contributed by atoms with Gasteiger partial charge in [-0.2, -0.15) is 0 Å². The third-order valence-electron chi connectivity index (χ3n) is 6.83. The smallest absolute Gasteiger partial charge is 0.321 e. The van der Waals surface area contributed by atoms with Gasteiger partial charge in [0.25, 0.3) is 0 Å². The van der Waals surface area contributed by atoms with Gasteiger partial charge in [-0.25, -0.2) is 4.79 Å². The van der Waals surface area contributed by atoms with Crippen molar-refractivity contribution in [3.05, 3.63) is 60.2 Å². The van der Waals surface area contributed by atoms with Crippen LogP contribution in [0.5, 0.6) is 5.75 Å². The summed E-state index contributed by atoms with van der Waals surface area (Å²) in [6, 6.07) is 17.6. The van der Waals surface area contributed by atoms with E-state index in [-0.39, 0.29) is 23.5 Å². The third kappa shape index (κ3) is 4.74. The summed E-state index contributed by atoms with van der Waals surface area (Å²) in [5.41, 5.74) is 1.60. The van der Waals surface area contributed by atoms with E-state index >= 15 is 0 Å². The molecule has 0 bridgehead atoms. The van der Waals surface area contributed by atoms with E-state index in [0.717, 1.165) is 49.4 Å². The molecule has 0 radical (unpaired) electrons. The fourth-order valence-corrected chi connectivity index (χ4v) is 4.99. The van der Waals surface area contributed by atoms with E-state index in [1.54, 1.807) is 0 Å². The SMILES string of the molecule is CCN(CC)C(=O)C[C@H]1CC2(CCN(C(=O)Nc3ccccc3)CC2)Oc2ccccc21. The minimum Gasteiger partial charge on any atom is -0.487 e. The first-order valence-electron chi connectivity index (χ1n) is 11.7. The molecule has 2 aromatic carbocycles. The lowest BCUT2D eigenvalue weighted by Gasteiger charge is -2.47. The molecule has 2 aromatic rings. The number of piperidine rings is 1. The van der Waals surface area contributed by atoms with E-state index in [4.69, 9.17) is 4.74 Å². The maximum atomic E-state index is 12.9. The molecule has 3 amide bonds. The summed E-state index contributed by atoms with van der Waals surface area (Å²) in [5.74, 6) is 1.22. The number of hydrogen-bond acceptors (Lipinski definition) is 3. The number of carbonyl (C=O) groups is 2. The van der Waals surface area contributed by atoms with Crippen LogP contribution in [-0.4, -0.2) is 53.5 Å². The number of carbonyl (C=O) groups excluding carboxylic acids is 2. The van der Waals surface area contributed by atoms with Crippen LogP contribution >= 0.6 is 0 Å². The number of likely N-dealkylation sites (tertiary alicyclic amines) is 1. The summed E-state index contributed by atoms with van der Waals surface area (Å²) in [6.45, 7) is 6.79. The van der Waals surface area contributed by atoms with Crippen LogP contribution < -0.4 is 10.1 Å². The van der Waals surface area contributed by atoms with Crippen LogP contribution in [0.1, 0.15) is 51.0 Å². The Balaban J connectivity index is 1.45. The van der Waals surface area contributed by atoms with Gasteiger partial charge in [0.15, 0.2) is 0 Å². The quantitative estimate of drug-likeness (QED) is 0.728. The molecule has 2 aliphatic rings. The Morgan fingerprint density at radius 1 is 1.03 bits per heavy atom. The largest absolute Gasteiger partial charge is 0.487 e. The molecule has 1 spiro atoms. The van der Waals surface area contributed by atoms with E-state index in [1.165, 1.54) is 0 Å². The lowest BCUT2D eigenvalue weighted by atomic mass is 9.76. The van der Waals surface area contributed by atoms with E-state index in [0.29, 0.717) is 19.5 Å². The molecule has 0 aliphatic carbocycles. The Morgan fingerprint density at radius 3 is 2.38 bits per heavy atom. The van der Waals surface area contributed by atoms with Crippen LogP contribution in [-0.2, 0) is 4.79 Å². The van der Waals surface area contributed by atoms with E-state index in [9.17, 15) is 9.59 Å². The number of para-hydroxylation sites is 2. The number of nitrogens with zero attached hydrogens (tertiary/aromatic N) is 2. The van der Waals surface area contributed by atoms with Crippen LogP contribution in [0.2, 0.25) is 0 Å². The Bertz CT molecular complexity index is 934. The summed E-state index contributed by atoms with van der Waals surface area (Å²) in [6.07, 6.45) is 2.84. The number of fused-ring (bicyclic) bond motifs is 1. The second-order valence-corrected chi connectivity index (χ2v) is 8.78. The monoisotopic (exact) mass is 435 g/mol. The van der Waals surface area contributed by atoms with Gasteiger partial charge in [-0.3, -0.25) is 4.79 Å². The minimum atomic E-state index is -0.327. The fourth-order valence-electron chi connectivity index (χ4n) is 4.99. The van der Waals surface area contributed by atoms with Crippen molar-refractivity contribution in [3.8, 4) is 5.75 Å². The normalized spacial score (nSPS) is 19.1. The number of nitrogens with one attached hydrogen (secondary N) is 1. The number of rotatable bonds is 5. The first kappa shape index (κ1) is 22.2. The molecule has 2 heterocycles. The van der Waals surface area contributed by atoms with Crippen molar-refractivity contribution in [1.82, 2.24) is 9.80 Å². The number of amides is 3. The van der Waals surface area contributed by atoms with Crippen molar-refractivity contribution in [2.75, 3.05) is 31.5 Å².